The van der Waals surface area contributed by atoms with Crippen LogP contribution < -0.4 is 0 Å². The lowest BCUT2D eigenvalue weighted by Gasteiger charge is -2.32. The minimum absolute atomic E-state index is 0.167. The van der Waals surface area contributed by atoms with E-state index in [1.807, 2.05) is 25.1 Å². The maximum absolute atomic E-state index is 12.6. The van der Waals surface area contributed by atoms with Crippen molar-refractivity contribution in [1.82, 2.24) is 9.97 Å². The van der Waals surface area contributed by atoms with E-state index < -0.39 is 5.41 Å². The molecule has 2 aromatic rings. The van der Waals surface area contributed by atoms with E-state index in [1.165, 1.54) is 0 Å². The molecule has 3 rings (SSSR count). The molecule has 0 atom stereocenters. The Balaban J connectivity index is 2.09. The molecule has 0 saturated heterocycles. The molecule has 1 saturated carbocycles. The Labute approximate surface area is 128 Å². The van der Waals surface area contributed by atoms with Gasteiger partial charge in [-0.1, -0.05) is 36.9 Å². The van der Waals surface area contributed by atoms with Gasteiger partial charge in [-0.3, -0.25) is 4.79 Å². The Hall–Kier alpha value is -1.55. The molecule has 1 fully saturated rings. The number of nitrogens with zero attached hydrogens (tertiary/aromatic N) is 1. The maximum Gasteiger partial charge on any atom is 0.319 e. The van der Waals surface area contributed by atoms with Crippen molar-refractivity contribution in [2.24, 2.45) is 0 Å². The summed E-state index contributed by atoms with van der Waals surface area (Å²) in [5.74, 6) is 0.531. The number of esters is 1. The molecule has 1 heterocycles. The molecule has 112 valence electrons. The summed E-state index contributed by atoms with van der Waals surface area (Å²) in [5, 5.41) is 0.602. The van der Waals surface area contributed by atoms with Gasteiger partial charge in [0.25, 0.3) is 0 Å². The van der Waals surface area contributed by atoms with Crippen LogP contribution in [0.2, 0.25) is 5.02 Å². The molecule has 1 aromatic heterocycles. The summed E-state index contributed by atoms with van der Waals surface area (Å²) in [6.07, 6.45) is 4.75. The maximum atomic E-state index is 12.6. The van der Waals surface area contributed by atoms with E-state index in [2.05, 4.69) is 9.97 Å². The van der Waals surface area contributed by atoms with Gasteiger partial charge in [0.2, 0.25) is 0 Å². The van der Waals surface area contributed by atoms with E-state index >= 15 is 0 Å². The first kappa shape index (κ1) is 14.4. The van der Waals surface area contributed by atoms with Crippen molar-refractivity contribution in [1.29, 1.82) is 0 Å². The van der Waals surface area contributed by atoms with Crippen molar-refractivity contribution in [3.05, 3.63) is 29.0 Å². The highest BCUT2D eigenvalue weighted by atomic mass is 35.5. The lowest BCUT2D eigenvalue weighted by atomic mass is 9.73. The molecule has 0 radical (unpaired) electrons. The van der Waals surface area contributed by atoms with Crippen LogP contribution in [0, 0.1) is 0 Å². The van der Waals surface area contributed by atoms with E-state index in [0.717, 1.165) is 43.1 Å². The summed E-state index contributed by atoms with van der Waals surface area (Å²) in [6, 6.07) is 5.62. The highest BCUT2D eigenvalue weighted by Gasteiger charge is 2.45. The van der Waals surface area contributed by atoms with Crippen molar-refractivity contribution < 1.29 is 9.53 Å². The van der Waals surface area contributed by atoms with E-state index in [9.17, 15) is 4.79 Å². The number of hydrogen-bond donors (Lipinski definition) is 1. The van der Waals surface area contributed by atoms with Gasteiger partial charge >= 0.3 is 5.97 Å². The van der Waals surface area contributed by atoms with Crippen LogP contribution in [-0.4, -0.2) is 22.5 Å². The van der Waals surface area contributed by atoms with Crippen LogP contribution >= 0.6 is 11.6 Å². The lowest BCUT2D eigenvalue weighted by Crippen LogP contribution is -2.40. The summed E-state index contributed by atoms with van der Waals surface area (Å²) >= 11 is 6.20. The first-order valence-electron chi connectivity index (χ1n) is 7.49. The van der Waals surface area contributed by atoms with Gasteiger partial charge in [-0.05, 0) is 31.9 Å². The third-order valence-corrected chi connectivity index (χ3v) is 4.60. The number of ether oxygens (including phenoxy) is 1. The smallest absolute Gasteiger partial charge is 0.319 e. The van der Waals surface area contributed by atoms with Crippen LogP contribution in [0.15, 0.2) is 18.2 Å². The third-order valence-electron chi connectivity index (χ3n) is 4.29. The molecular formula is C16H19ClN2O2. The van der Waals surface area contributed by atoms with Gasteiger partial charge < -0.3 is 9.72 Å². The number of benzene rings is 1. The van der Waals surface area contributed by atoms with Gasteiger partial charge in [0.1, 0.15) is 16.8 Å². The highest BCUT2D eigenvalue weighted by Crippen LogP contribution is 2.40. The number of aromatic nitrogens is 2. The molecule has 0 amide bonds. The van der Waals surface area contributed by atoms with Gasteiger partial charge in [-0.2, -0.15) is 0 Å². The van der Waals surface area contributed by atoms with Crippen LogP contribution in [0.5, 0.6) is 0 Å². The van der Waals surface area contributed by atoms with Crippen LogP contribution in [-0.2, 0) is 14.9 Å². The van der Waals surface area contributed by atoms with E-state index in [1.54, 1.807) is 0 Å². The molecule has 4 nitrogen and oxygen atoms in total. The molecule has 1 aliphatic rings. The molecule has 0 spiro atoms. The first-order chi connectivity index (χ1) is 10.2. The summed E-state index contributed by atoms with van der Waals surface area (Å²) in [7, 11) is 0. The summed E-state index contributed by atoms with van der Waals surface area (Å²) in [5.41, 5.74) is 0.950. The average Bonchev–Trinajstić information content (AvgIpc) is 2.94. The Morgan fingerprint density at radius 2 is 2.14 bits per heavy atom. The fraction of sp³-hybridized carbons (Fsp3) is 0.500. The van der Waals surface area contributed by atoms with E-state index in [0.29, 0.717) is 17.5 Å². The van der Waals surface area contributed by atoms with Crippen LogP contribution in [0.4, 0.5) is 0 Å². The SMILES string of the molecule is CCOC(=O)C1(c2nc3c(Cl)cccc3[nH]2)CCCCC1. The number of para-hydroxylation sites is 1. The van der Waals surface area contributed by atoms with Crippen molar-refractivity contribution >= 4 is 28.6 Å². The number of hydrogen-bond acceptors (Lipinski definition) is 3. The second-order valence-corrected chi connectivity index (χ2v) is 5.99. The zero-order valence-electron chi connectivity index (χ0n) is 12.1. The number of imidazole rings is 1. The van der Waals surface area contributed by atoms with Crippen LogP contribution in [0.3, 0.4) is 0 Å². The second-order valence-electron chi connectivity index (χ2n) is 5.58. The molecule has 5 heteroatoms. The number of H-pyrrole nitrogens is 1. The molecule has 0 aliphatic heterocycles. The Morgan fingerprint density at radius 3 is 2.81 bits per heavy atom. The molecule has 21 heavy (non-hydrogen) atoms. The zero-order valence-corrected chi connectivity index (χ0v) is 12.9. The quantitative estimate of drug-likeness (QED) is 0.873. The van der Waals surface area contributed by atoms with E-state index in [4.69, 9.17) is 16.3 Å². The summed E-state index contributed by atoms with van der Waals surface area (Å²) in [6.45, 7) is 2.23. The van der Waals surface area contributed by atoms with Gasteiger partial charge in [-0.15, -0.1) is 0 Å². The Morgan fingerprint density at radius 1 is 1.38 bits per heavy atom. The fourth-order valence-corrected chi connectivity index (χ4v) is 3.40. The number of aromatic amines is 1. The molecule has 1 aromatic carbocycles. The number of fused-ring (bicyclic) bond motifs is 1. The highest BCUT2D eigenvalue weighted by molar-refractivity contribution is 6.34. The van der Waals surface area contributed by atoms with Gasteiger partial charge in [0, 0.05) is 0 Å². The van der Waals surface area contributed by atoms with Gasteiger partial charge in [-0.25, -0.2) is 4.98 Å². The molecule has 0 bridgehead atoms. The van der Waals surface area contributed by atoms with Crippen LogP contribution in [0.25, 0.3) is 11.0 Å². The van der Waals surface area contributed by atoms with Crippen molar-refractivity contribution in [3.63, 3.8) is 0 Å². The first-order valence-corrected chi connectivity index (χ1v) is 7.87. The third kappa shape index (κ3) is 2.42. The standard InChI is InChI=1S/C16H19ClN2O2/c1-2-21-15(20)16(9-4-3-5-10-16)14-18-12-8-6-7-11(17)13(12)19-14/h6-8H,2-5,9-10H2,1H3,(H,18,19). The van der Waals surface area contributed by atoms with Gasteiger partial charge in [0.15, 0.2) is 0 Å². The van der Waals surface area contributed by atoms with Crippen molar-refractivity contribution in [3.8, 4) is 0 Å². The molecule has 0 unspecified atom stereocenters. The molecule has 1 aliphatic carbocycles. The minimum atomic E-state index is -0.642. The molecule has 1 N–H and O–H groups in total. The summed E-state index contributed by atoms with van der Waals surface area (Å²) in [4.78, 5) is 20.5. The lowest BCUT2D eigenvalue weighted by molar-refractivity contribution is -0.152. The second kappa shape index (κ2) is 5.68. The van der Waals surface area contributed by atoms with E-state index in [-0.39, 0.29) is 5.97 Å². The van der Waals surface area contributed by atoms with Gasteiger partial charge in [0.05, 0.1) is 17.1 Å². The normalized spacial score (nSPS) is 17.8. The average molecular weight is 307 g/mol. The molecular weight excluding hydrogens is 288 g/mol. The number of carbonyl (C=O) groups is 1. The Kier molecular flexibility index (Phi) is 3.89. The number of carbonyl (C=O) groups excluding carboxylic acids is 1. The zero-order chi connectivity index (χ0) is 14.9. The van der Waals surface area contributed by atoms with Crippen LogP contribution in [0.1, 0.15) is 44.9 Å². The van der Waals surface area contributed by atoms with Crippen molar-refractivity contribution in [2.45, 2.75) is 44.4 Å². The fourth-order valence-electron chi connectivity index (χ4n) is 3.19. The predicted octanol–water partition coefficient (Wildman–Crippen LogP) is 3.98. The minimum Gasteiger partial charge on any atom is -0.465 e. The largest absolute Gasteiger partial charge is 0.465 e. The Bertz CT molecular complexity index is 659. The summed E-state index contributed by atoms with van der Waals surface area (Å²) < 4.78 is 5.33. The number of halogens is 1. The number of rotatable bonds is 3. The monoisotopic (exact) mass is 306 g/mol. The number of nitrogens with one attached hydrogen (secondary N) is 1. The topological polar surface area (TPSA) is 55.0 Å². The van der Waals surface area contributed by atoms with Crippen molar-refractivity contribution in [2.75, 3.05) is 6.61 Å². The predicted molar refractivity (Wildman–Crippen MR) is 82.5 cm³/mol.